The van der Waals surface area contributed by atoms with Crippen LogP contribution in [0.15, 0.2) is 54.1 Å². The molecule has 27 heavy (non-hydrogen) atoms. The summed E-state index contributed by atoms with van der Waals surface area (Å²) in [5, 5.41) is 0. The van der Waals surface area contributed by atoms with Crippen LogP contribution in [0.25, 0.3) is 17.2 Å². The average molecular weight is 366 g/mol. The summed E-state index contributed by atoms with van der Waals surface area (Å²) < 4.78 is 14.9. The Labute approximate surface area is 156 Å². The van der Waals surface area contributed by atoms with E-state index in [1.54, 1.807) is 36.4 Å². The maximum Gasteiger partial charge on any atom is 0.348 e. The standard InChI is InChI=1S/C21H18O6/c1-21(2)26-19(23)17(20(24)27-21)11-13-6-4-7-14(10-13)15-8-5-9-16(12-15)18(22)25-3/h4-12H,1-3H3. The number of methoxy groups -OCH3 is 1. The van der Waals surface area contributed by atoms with Crippen molar-refractivity contribution in [1.29, 1.82) is 0 Å². The Kier molecular flexibility index (Phi) is 4.81. The second kappa shape index (κ2) is 7.07. The smallest absolute Gasteiger partial charge is 0.348 e. The normalized spacial score (nSPS) is 15.6. The van der Waals surface area contributed by atoms with Gasteiger partial charge < -0.3 is 14.2 Å². The highest BCUT2D eigenvalue weighted by Crippen LogP contribution is 2.26. The summed E-state index contributed by atoms with van der Waals surface area (Å²) in [4.78, 5) is 35.9. The highest BCUT2D eigenvalue weighted by molar-refractivity contribution is 6.18. The van der Waals surface area contributed by atoms with Crippen LogP contribution >= 0.6 is 0 Å². The number of carbonyl (C=O) groups is 3. The van der Waals surface area contributed by atoms with Gasteiger partial charge in [-0.2, -0.15) is 0 Å². The van der Waals surface area contributed by atoms with E-state index in [1.165, 1.54) is 27.0 Å². The van der Waals surface area contributed by atoms with Crippen molar-refractivity contribution >= 4 is 24.0 Å². The zero-order chi connectivity index (χ0) is 19.6. The van der Waals surface area contributed by atoms with E-state index in [9.17, 15) is 14.4 Å². The molecular formula is C21H18O6. The molecule has 0 amide bonds. The molecule has 0 spiro atoms. The van der Waals surface area contributed by atoms with Crippen LogP contribution in [0.4, 0.5) is 0 Å². The highest BCUT2D eigenvalue weighted by Gasteiger charge is 2.38. The van der Waals surface area contributed by atoms with Crippen LogP contribution in [0.3, 0.4) is 0 Å². The van der Waals surface area contributed by atoms with Crippen LogP contribution in [-0.4, -0.2) is 30.8 Å². The maximum absolute atomic E-state index is 12.1. The fourth-order valence-electron chi connectivity index (χ4n) is 2.70. The molecule has 138 valence electrons. The predicted octanol–water partition coefficient (Wildman–Crippen LogP) is 3.36. The summed E-state index contributed by atoms with van der Waals surface area (Å²) in [6.07, 6.45) is 1.42. The lowest BCUT2D eigenvalue weighted by Gasteiger charge is -2.29. The lowest BCUT2D eigenvalue weighted by atomic mass is 10.00. The van der Waals surface area contributed by atoms with Crippen LogP contribution in [0, 0.1) is 0 Å². The molecule has 2 aromatic carbocycles. The largest absolute Gasteiger partial charge is 0.465 e. The maximum atomic E-state index is 12.1. The zero-order valence-electron chi connectivity index (χ0n) is 15.1. The molecule has 2 aromatic rings. The fraction of sp³-hybridized carbons (Fsp3) is 0.190. The van der Waals surface area contributed by atoms with Gasteiger partial charge >= 0.3 is 17.9 Å². The molecule has 6 heteroatoms. The number of esters is 3. The molecule has 0 aliphatic carbocycles. The molecule has 0 unspecified atom stereocenters. The van der Waals surface area contributed by atoms with E-state index in [2.05, 4.69) is 0 Å². The molecule has 0 aromatic heterocycles. The second-order valence-electron chi connectivity index (χ2n) is 6.43. The summed E-state index contributed by atoms with van der Waals surface area (Å²) >= 11 is 0. The number of hydrogen-bond acceptors (Lipinski definition) is 6. The van der Waals surface area contributed by atoms with Crippen molar-refractivity contribution in [3.8, 4) is 11.1 Å². The summed E-state index contributed by atoms with van der Waals surface area (Å²) in [5.74, 6) is -3.16. The van der Waals surface area contributed by atoms with E-state index < -0.39 is 23.7 Å². The van der Waals surface area contributed by atoms with E-state index in [1.807, 2.05) is 12.1 Å². The molecule has 1 heterocycles. The number of hydrogen-bond donors (Lipinski definition) is 0. The van der Waals surface area contributed by atoms with Crippen LogP contribution in [-0.2, 0) is 23.8 Å². The van der Waals surface area contributed by atoms with Crippen molar-refractivity contribution in [3.05, 3.63) is 65.2 Å². The minimum absolute atomic E-state index is 0.171. The van der Waals surface area contributed by atoms with Crippen molar-refractivity contribution in [1.82, 2.24) is 0 Å². The molecule has 0 bridgehead atoms. The number of benzene rings is 2. The van der Waals surface area contributed by atoms with E-state index in [-0.39, 0.29) is 5.57 Å². The third kappa shape index (κ3) is 4.06. The van der Waals surface area contributed by atoms with E-state index in [0.29, 0.717) is 11.1 Å². The molecule has 0 radical (unpaired) electrons. The lowest BCUT2D eigenvalue weighted by Crippen LogP contribution is -2.41. The number of carbonyl (C=O) groups excluding carboxylic acids is 3. The molecular weight excluding hydrogens is 348 g/mol. The molecule has 0 saturated carbocycles. The summed E-state index contributed by atoms with van der Waals surface area (Å²) in [5.41, 5.74) is 2.50. The van der Waals surface area contributed by atoms with Crippen LogP contribution in [0.2, 0.25) is 0 Å². The molecule has 1 fully saturated rings. The minimum Gasteiger partial charge on any atom is -0.465 e. The molecule has 3 rings (SSSR count). The van der Waals surface area contributed by atoms with Crippen LogP contribution in [0.1, 0.15) is 29.8 Å². The van der Waals surface area contributed by atoms with E-state index in [4.69, 9.17) is 14.2 Å². The van der Waals surface area contributed by atoms with Crippen molar-refractivity contribution < 1.29 is 28.6 Å². The number of cyclic esters (lactones) is 2. The van der Waals surface area contributed by atoms with E-state index >= 15 is 0 Å². The van der Waals surface area contributed by atoms with Crippen LogP contribution < -0.4 is 0 Å². The molecule has 6 nitrogen and oxygen atoms in total. The summed E-state index contributed by atoms with van der Waals surface area (Å²) in [7, 11) is 1.32. The Hall–Kier alpha value is -3.41. The van der Waals surface area contributed by atoms with Gasteiger partial charge in [0, 0.05) is 13.8 Å². The number of ether oxygens (including phenoxy) is 3. The van der Waals surface area contributed by atoms with Gasteiger partial charge in [-0.1, -0.05) is 30.3 Å². The first-order valence-corrected chi connectivity index (χ1v) is 8.26. The molecule has 0 atom stereocenters. The second-order valence-corrected chi connectivity index (χ2v) is 6.43. The van der Waals surface area contributed by atoms with Gasteiger partial charge in [-0.15, -0.1) is 0 Å². The Balaban J connectivity index is 1.94. The van der Waals surface area contributed by atoms with Gasteiger partial charge in [-0.05, 0) is 41.0 Å². The quantitative estimate of drug-likeness (QED) is 0.471. The van der Waals surface area contributed by atoms with Crippen molar-refractivity contribution in [3.63, 3.8) is 0 Å². The Morgan fingerprint density at radius 1 is 0.963 bits per heavy atom. The van der Waals surface area contributed by atoms with Gasteiger partial charge in [0.2, 0.25) is 0 Å². The lowest BCUT2D eigenvalue weighted by molar-refractivity contribution is -0.222. The van der Waals surface area contributed by atoms with Crippen molar-refractivity contribution in [2.75, 3.05) is 7.11 Å². The molecule has 1 aliphatic rings. The molecule has 1 aliphatic heterocycles. The average Bonchev–Trinajstić information content (AvgIpc) is 2.63. The van der Waals surface area contributed by atoms with Gasteiger partial charge in [0.25, 0.3) is 5.79 Å². The van der Waals surface area contributed by atoms with Gasteiger partial charge in [0.05, 0.1) is 12.7 Å². The Bertz CT molecular complexity index is 933. The minimum atomic E-state index is -1.28. The predicted molar refractivity (Wildman–Crippen MR) is 97.5 cm³/mol. The first-order valence-electron chi connectivity index (χ1n) is 8.26. The van der Waals surface area contributed by atoms with Gasteiger partial charge in [-0.25, -0.2) is 14.4 Å². The first-order chi connectivity index (χ1) is 12.8. The third-order valence-corrected chi connectivity index (χ3v) is 3.93. The van der Waals surface area contributed by atoms with Crippen LogP contribution in [0.5, 0.6) is 0 Å². The fourth-order valence-corrected chi connectivity index (χ4v) is 2.70. The molecule has 0 N–H and O–H groups in total. The van der Waals surface area contributed by atoms with E-state index in [0.717, 1.165) is 11.1 Å². The number of rotatable bonds is 3. The SMILES string of the molecule is COC(=O)c1cccc(-c2cccc(C=C3C(=O)OC(C)(C)OC3=O)c2)c1. The monoisotopic (exact) mass is 366 g/mol. The molecule has 1 saturated heterocycles. The Morgan fingerprint density at radius 2 is 1.56 bits per heavy atom. The van der Waals surface area contributed by atoms with Crippen molar-refractivity contribution in [2.24, 2.45) is 0 Å². The van der Waals surface area contributed by atoms with Gasteiger partial charge in [0.1, 0.15) is 5.57 Å². The third-order valence-electron chi connectivity index (χ3n) is 3.93. The Morgan fingerprint density at radius 3 is 2.19 bits per heavy atom. The zero-order valence-corrected chi connectivity index (χ0v) is 15.1. The van der Waals surface area contributed by atoms with Gasteiger partial charge in [-0.3, -0.25) is 0 Å². The first kappa shape index (κ1) is 18.4. The topological polar surface area (TPSA) is 78.9 Å². The summed E-state index contributed by atoms with van der Waals surface area (Å²) in [6, 6.07) is 14.2. The van der Waals surface area contributed by atoms with Crippen molar-refractivity contribution in [2.45, 2.75) is 19.6 Å². The van der Waals surface area contributed by atoms with Gasteiger partial charge in [0.15, 0.2) is 0 Å². The highest BCUT2D eigenvalue weighted by atomic mass is 16.7. The summed E-state index contributed by atoms with van der Waals surface area (Å²) in [6.45, 7) is 2.99.